The highest BCUT2D eigenvalue weighted by Crippen LogP contribution is 2.32. The molecule has 0 radical (unpaired) electrons. The first-order chi connectivity index (χ1) is 15.9. The Morgan fingerprint density at radius 3 is 2.79 bits per heavy atom. The molecule has 0 saturated carbocycles. The molecule has 2 aromatic heterocycles. The van der Waals surface area contributed by atoms with Gasteiger partial charge in [-0.2, -0.15) is 5.10 Å². The average molecular weight is 467 g/mol. The zero-order valence-corrected chi connectivity index (χ0v) is 19.4. The number of rotatable bonds is 7. The van der Waals surface area contributed by atoms with Crippen LogP contribution in [-0.2, 0) is 11.4 Å². The predicted octanol–water partition coefficient (Wildman–Crippen LogP) is 5.69. The molecular formula is C25H24ClFN4O2. The standard InChI is InChI=1S/C25H24ClFN4O2/c1-4-24(32)30-16(3)18-7-5-9-21(26)20(18)14-33-23-10-6-8-19-22(11-15(2)29-25(19)23)31-13-17(27)12-28-31/h5-13,16H,4,14H2,1-3H3,(H,30,32). The number of fused-ring (bicyclic) bond motifs is 1. The molecule has 1 atom stereocenters. The fourth-order valence-corrected chi connectivity index (χ4v) is 4.01. The number of halogens is 2. The lowest BCUT2D eigenvalue weighted by atomic mass is 10.0. The van der Waals surface area contributed by atoms with Crippen molar-refractivity contribution in [2.24, 2.45) is 0 Å². The van der Waals surface area contributed by atoms with E-state index in [-0.39, 0.29) is 18.6 Å². The Morgan fingerprint density at radius 1 is 1.27 bits per heavy atom. The third-order valence-electron chi connectivity index (χ3n) is 5.40. The van der Waals surface area contributed by atoms with E-state index >= 15 is 0 Å². The first-order valence-electron chi connectivity index (χ1n) is 10.7. The topological polar surface area (TPSA) is 69.0 Å². The normalized spacial score (nSPS) is 12.0. The number of hydrogen-bond donors (Lipinski definition) is 1. The maximum Gasteiger partial charge on any atom is 0.220 e. The van der Waals surface area contributed by atoms with Gasteiger partial charge in [-0.25, -0.2) is 14.1 Å². The van der Waals surface area contributed by atoms with Gasteiger partial charge >= 0.3 is 0 Å². The van der Waals surface area contributed by atoms with Crippen LogP contribution in [0.5, 0.6) is 5.75 Å². The minimum Gasteiger partial charge on any atom is -0.487 e. The SMILES string of the molecule is CCC(=O)NC(C)c1cccc(Cl)c1COc1cccc2c(-n3cc(F)cn3)cc(C)nc12. The van der Waals surface area contributed by atoms with E-state index in [1.165, 1.54) is 17.1 Å². The van der Waals surface area contributed by atoms with Crippen molar-refractivity contribution in [1.82, 2.24) is 20.1 Å². The van der Waals surface area contributed by atoms with Gasteiger partial charge in [-0.05, 0) is 37.6 Å². The third-order valence-corrected chi connectivity index (χ3v) is 5.75. The summed E-state index contributed by atoms with van der Waals surface area (Å²) in [5.41, 5.74) is 3.78. The first kappa shape index (κ1) is 22.7. The summed E-state index contributed by atoms with van der Waals surface area (Å²) in [7, 11) is 0. The Kier molecular flexibility index (Phi) is 6.60. The number of carbonyl (C=O) groups is 1. The molecular weight excluding hydrogens is 443 g/mol. The number of ether oxygens (including phenoxy) is 1. The molecule has 1 unspecified atom stereocenters. The van der Waals surface area contributed by atoms with Crippen LogP contribution in [0.25, 0.3) is 16.6 Å². The van der Waals surface area contributed by atoms with Crippen molar-refractivity contribution in [3.8, 4) is 11.4 Å². The van der Waals surface area contributed by atoms with Gasteiger partial charge in [0, 0.05) is 28.1 Å². The van der Waals surface area contributed by atoms with Crippen molar-refractivity contribution in [3.05, 3.63) is 82.5 Å². The molecule has 0 fully saturated rings. The van der Waals surface area contributed by atoms with E-state index in [1.54, 1.807) is 6.07 Å². The molecule has 1 N–H and O–H groups in total. The van der Waals surface area contributed by atoms with E-state index < -0.39 is 5.82 Å². The van der Waals surface area contributed by atoms with E-state index in [1.807, 2.05) is 57.2 Å². The molecule has 2 heterocycles. The van der Waals surface area contributed by atoms with Gasteiger partial charge in [0.15, 0.2) is 5.82 Å². The number of aryl methyl sites for hydroxylation is 1. The Balaban J connectivity index is 1.69. The van der Waals surface area contributed by atoms with Crippen LogP contribution in [0.3, 0.4) is 0 Å². The third kappa shape index (κ3) is 4.83. The highest BCUT2D eigenvalue weighted by molar-refractivity contribution is 6.31. The first-order valence-corrected chi connectivity index (χ1v) is 11.1. The maximum atomic E-state index is 13.6. The van der Waals surface area contributed by atoms with Gasteiger partial charge < -0.3 is 10.1 Å². The predicted molar refractivity (Wildman–Crippen MR) is 126 cm³/mol. The number of amides is 1. The lowest BCUT2D eigenvalue weighted by Gasteiger charge is -2.20. The summed E-state index contributed by atoms with van der Waals surface area (Å²) >= 11 is 6.51. The van der Waals surface area contributed by atoms with Crippen molar-refractivity contribution in [2.45, 2.75) is 39.8 Å². The molecule has 4 aromatic rings. The highest BCUT2D eigenvalue weighted by Gasteiger charge is 2.17. The molecule has 33 heavy (non-hydrogen) atoms. The maximum absolute atomic E-state index is 13.6. The monoisotopic (exact) mass is 466 g/mol. The van der Waals surface area contributed by atoms with Crippen molar-refractivity contribution >= 4 is 28.4 Å². The van der Waals surface area contributed by atoms with Crippen molar-refractivity contribution in [1.29, 1.82) is 0 Å². The lowest BCUT2D eigenvalue weighted by Crippen LogP contribution is -2.26. The van der Waals surface area contributed by atoms with Crippen molar-refractivity contribution < 1.29 is 13.9 Å². The van der Waals surface area contributed by atoms with Crippen LogP contribution in [-0.4, -0.2) is 20.7 Å². The molecule has 4 rings (SSSR count). The second-order valence-electron chi connectivity index (χ2n) is 7.78. The van der Waals surface area contributed by atoms with E-state index in [9.17, 15) is 9.18 Å². The van der Waals surface area contributed by atoms with Crippen LogP contribution in [0.2, 0.25) is 5.02 Å². The smallest absolute Gasteiger partial charge is 0.220 e. The van der Waals surface area contributed by atoms with E-state index in [2.05, 4.69) is 15.4 Å². The molecule has 2 aromatic carbocycles. The van der Waals surface area contributed by atoms with E-state index in [4.69, 9.17) is 16.3 Å². The number of nitrogens with zero attached hydrogens (tertiary/aromatic N) is 3. The zero-order valence-electron chi connectivity index (χ0n) is 18.6. The second kappa shape index (κ2) is 9.58. The van der Waals surface area contributed by atoms with Gasteiger partial charge in [0.1, 0.15) is 17.9 Å². The fourth-order valence-electron chi connectivity index (χ4n) is 3.77. The molecule has 0 aliphatic rings. The molecule has 6 nitrogen and oxygen atoms in total. The molecule has 0 saturated heterocycles. The summed E-state index contributed by atoms with van der Waals surface area (Å²) in [5, 5.41) is 8.40. The largest absolute Gasteiger partial charge is 0.487 e. The van der Waals surface area contributed by atoms with E-state index in [0.717, 1.165) is 22.2 Å². The summed E-state index contributed by atoms with van der Waals surface area (Å²) in [6, 6.07) is 12.8. The number of para-hydroxylation sites is 1. The van der Waals surface area contributed by atoms with Crippen LogP contribution in [0.15, 0.2) is 54.9 Å². The highest BCUT2D eigenvalue weighted by atomic mass is 35.5. The van der Waals surface area contributed by atoms with Gasteiger partial charge in [0.2, 0.25) is 5.91 Å². The van der Waals surface area contributed by atoms with Crippen molar-refractivity contribution in [3.63, 3.8) is 0 Å². The summed E-state index contributed by atoms with van der Waals surface area (Å²) in [4.78, 5) is 16.5. The molecule has 0 bridgehead atoms. The van der Waals surface area contributed by atoms with Crippen molar-refractivity contribution in [2.75, 3.05) is 0 Å². The zero-order chi connectivity index (χ0) is 23.5. The average Bonchev–Trinajstić information content (AvgIpc) is 3.23. The number of carbonyl (C=O) groups excluding carboxylic acids is 1. The Hall–Kier alpha value is -3.45. The lowest BCUT2D eigenvalue weighted by molar-refractivity contribution is -0.121. The molecule has 0 spiro atoms. The Bertz CT molecular complexity index is 1320. The summed E-state index contributed by atoms with van der Waals surface area (Å²) in [6.07, 6.45) is 2.89. The van der Waals surface area contributed by atoms with Crippen LogP contribution in [0.1, 0.15) is 43.1 Å². The van der Waals surface area contributed by atoms with Crippen LogP contribution >= 0.6 is 11.6 Å². The number of aromatic nitrogens is 3. The minimum atomic E-state index is -0.416. The van der Waals surface area contributed by atoms with Gasteiger partial charge in [-0.1, -0.05) is 42.8 Å². The quantitative estimate of drug-likeness (QED) is 0.380. The second-order valence-corrected chi connectivity index (χ2v) is 8.18. The Labute approximate surface area is 196 Å². The number of nitrogens with one attached hydrogen (secondary N) is 1. The van der Waals surface area contributed by atoms with Crippen LogP contribution < -0.4 is 10.1 Å². The molecule has 0 aliphatic heterocycles. The summed E-state index contributed by atoms with van der Waals surface area (Å²) in [6.45, 7) is 5.79. The molecule has 0 aliphatic carbocycles. The number of pyridine rings is 1. The van der Waals surface area contributed by atoms with Gasteiger partial charge in [0.25, 0.3) is 0 Å². The summed E-state index contributed by atoms with van der Waals surface area (Å²) in [5.74, 6) is 0.118. The summed E-state index contributed by atoms with van der Waals surface area (Å²) < 4.78 is 21.3. The van der Waals surface area contributed by atoms with Gasteiger partial charge in [-0.3, -0.25) is 4.79 Å². The van der Waals surface area contributed by atoms with Crippen LogP contribution in [0, 0.1) is 12.7 Å². The molecule has 1 amide bonds. The van der Waals surface area contributed by atoms with Crippen LogP contribution in [0.4, 0.5) is 4.39 Å². The van der Waals surface area contributed by atoms with E-state index in [0.29, 0.717) is 28.4 Å². The molecule has 8 heteroatoms. The van der Waals surface area contributed by atoms with Gasteiger partial charge in [-0.15, -0.1) is 0 Å². The fraction of sp³-hybridized carbons (Fsp3) is 0.240. The molecule has 170 valence electrons. The Morgan fingerprint density at radius 2 is 2.06 bits per heavy atom. The minimum absolute atomic E-state index is 0.0364. The van der Waals surface area contributed by atoms with Gasteiger partial charge in [0.05, 0.1) is 24.1 Å². The number of benzene rings is 2. The number of hydrogen-bond acceptors (Lipinski definition) is 4.